The zero-order valence-electron chi connectivity index (χ0n) is 28.2. The van der Waals surface area contributed by atoms with Gasteiger partial charge in [0.1, 0.15) is 0 Å². The molecule has 3 amide bonds. The van der Waals surface area contributed by atoms with Crippen LogP contribution in [0.3, 0.4) is 0 Å². The predicted molar refractivity (Wildman–Crippen MR) is 190 cm³/mol. The monoisotopic (exact) mass is 703 g/mol. The number of halogens is 2. The SMILES string of the molecule is C[C@H]1[C@H]([Si](C)(C)F)[C@@H](CC(=O)N2Cc3ccccc3C[C@H]2CO)O[C@]12C(=O)N(Cc1ccc(N3CCCCC3=O)cc1)c1ccc(Cl)cc12. The number of hydrogen-bond donors (Lipinski definition) is 1. The molecule has 1 spiro atoms. The Morgan fingerprint density at radius 2 is 1.80 bits per heavy atom. The van der Waals surface area contributed by atoms with Crippen LogP contribution in [-0.2, 0) is 44.2 Å². The smallest absolute Gasteiger partial charge is 0.264 e. The number of benzene rings is 3. The van der Waals surface area contributed by atoms with Gasteiger partial charge in [-0.1, -0.05) is 54.9 Å². The third kappa shape index (κ3) is 5.90. The summed E-state index contributed by atoms with van der Waals surface area (Å²) in [6.07, 6.45) is 2.01. The van der Waals surface area contributed by atoms with Gasteiger partial charge in [-0.25, -0.2) is 0 Å². The number of piperidine rings is 1. The summed E-state index contributed by atoms with van der Waals surface area (Å²) < 4.78 is 23.2. The average Bonchev–Trinajstić information content (AvgIpc) is 3.50. The van der Waals surface area contributed by atoms with Crippen LogP contribution in [0.1, 0.15) is 54.9 Å². The number of carbonyl (C=O) groups is 3. The van der Waals surface area contributed by atoms with Gasteiger partial charge in [-0.05, 0) is 79.4 Å². The second-order valence-corrected chi connectivity index (χ2v) is 18.8. The lowest BCUT2D eigenvalue weighted by molar-refractivity contribution is -0.151. The molecule has 7 rings (SSSR count). The number of hydrogen-bond acceptors (Lipinski definition) is 5. The van der Waals surface area contributed by atoms with Crippen LogP contribution in [0, 0.1) is 5.92 Å². The lowest BCUT2D eigenvalue weighted by atomic mass is 9.82. The van der Waals surface area contributed by atoms with Gasteiger partial charge in [-0.2, -0.15) is 0 Å². The first kappa shape index (κ1) is 33.9. The Kier molecular flexibility index (Phi) is 8.96. The minimum atomic E-state index is -3.51. The summed E-state index contributed by atoms with van der Waals surface area (Å²) in [4.78, 5) is 46.5. The van der Waals surface area contributed by atoms with E-state index in [0.717, 1.165) is 35.2 Å². The van der Waals surface area contributed by atoms with E-state index >= 15 is 4.11 Å². The quantitative estimate of drug-likeness (QED) is 0.224. The van der Waals surface area contributed by atoms with Crippen LogP contribution < -0.4 is 9.80 Å². The second kappa shape index (κ2) is 13.0. The highest BCUT2D eigenvalue weighted by Gasteiger charge is 2.67. The number of ether oxygens (including phenoxy) is 1. The fourth-order valence-electron chi connectivity index (χ4n) is 8.75. The maximum Gasteiger partial charge on any atom is 0.264 e. The molecule has 0 aromatic heterocycles. The van der Waals surface area contributed by atoms with E-state index < -0.39 is 37.6 Å². The lowest BCUT2D eigenvalue weighted by Gasteiger charge is -2.37. The third-order valence-corrected chi connectivity index (χ3v) is 13.8. The van der Waals surface area contributed by atoms with Gasteiger partial charge in [0.05, 0.1) is 37.4 Å². The van der Waals surface area contributed by atoms with Crippen LogP contribution in [0.2, 0.25) is 23.7 Å². The number of anilines is 2. The molecule has 0 aliphatic carbocycles. The first-order chi connectivity index (χ1) is 23.4. The van der Waals surface area contributed by atoms with Crippen LogP contribution in [0.25, 0.3) is 0 Å². The van der Waals surface area contributed by atoms with Crippen molar-refractivity contribution in [2.45, 2.75) is 88.5 Å². The number of rotatable bonds is 7. The van der Waals surface area contributed by atoms with Crippen molar-refractivity contribution in [3.8, 4) is 0 Å². The van der Waals surface area contributed by atoms with E-state index in [1.807, 2.05) is 66.4 Å². The van der Waals surface area contributed by atoms with Gasteiger partial charge in [-0.15, -0.1) is 0 Å². The molecule has 2 saturated heterocycles. The Morgan fingerprint density at radius 3 is 2.49 bits per heavy atom. The maximum atomic E-state index is 16.4. The Hall–Kier alpha value is -3.57. The summed E-state index contributed by atoms with van der Waals surface area (Å²) in [5.41, 5.74) is 2.90. The number of carbonyl (C=O) groups excluding carboxylic acids is 3. The summed E-state index contributed by atoms with van der Waals surface area (Å²) in [6, 6.07) is 20.5. The van der Waals surface area contributed by atoms with Crippen molar-refractivity contribution in [1.82, 2.24) is 4.90 Å². The summed E-state index contributed by atoms with van der Waals surface area (Å²) in [7, 11) is -3.51. The number of fused-ring (bicyclic) bond motifs is 3. The second-order valence-electron chi connectivity index (χ2n) is 14.5. The van der Waals surface area contributed by atoms with Gasteiger partial charge in [0.25, 0.3) is 5.91 Å². The third-order valence-electron chi connectivity index (χ3n) is 11.1. The van der Waals surface area contributed by atoms with Gasteiger partial charge in [-0.3, -0.25) is 14.4 Å². The van der Waals surface area contributed by atoms with Gasteiger partial charge in [0.15, 0.2) is 5.60 Å². The van der Waals surface area contributed by atoms with E-state index in [1.54, 1.807) is 35.0 Å². The molecule has 0 radical (unpaired) electrons. The predicted octanol–water partition coefficient (Wildman–Crippen LogP) is 6.51. The highest BCUT2D eigenvalue weighted by molar-refractivity contribution is 6.72. The molecule has 5 atom stereocenters. The fourth-order valence-corrected chi connectivity index (χ4v) is 11.4. The molecule has 258 valence electrons. The molecule has 0 bridgehead atoms. The molecular weight excluding hydrogens is 661 g/mol. The molecular formula is C38H43ClFN3O5Si. The fraction of sp³-hybridized carbons (Fsp3) is 0.447. The van der Waals surface area contributed by atoms with E-state index in [0.29, 0.717) is 42.2 Å². The molecule has 11 heteroatoms. The average molecular weight is 704 g/mol. The Labute approximate surface area is 293 Å². The lowest BCUT2D eigenvalue weighted by Crippen LogP contribution is -2.48. The van der Waals surface area contributed by atoms with Crippen LogP contribution in [0.4, 0.5) is 15.5 Å². The van der Waals surface area contributed by atoms with E-state index in [-0.39, 0.29) is 37.3 Å². The highest BCUT2D eigenvalue weighted by atomic mass is 35.5. The van der Waals surface area contributed by atoms with E-state index in [2.05, 4.69) is 0 Å². The minimum Gasteiger partial charge on any atom is -0.394 e. The molecule has 3 aromatic rings. The first-order valence-corrected chi connectivity index (χ1v) is 20.6. The summed E-state index contributed by atoms with van der Waals surface area (Å²) >= 11 is 6.55. The molecule has 1 N–H and O–H groups in total. The van der Waals surface area contributed by atoms with Crippen molar-refractivity contribution in [3.63, 3.8) is 0 Å². The first-order valence-electron chi connectivity index (χ1n) is 17.3. The molecule has 3 aromatic carbocycles. The van der Waals surface area contributed by atoms with Crippen LogP contribution >= 0.6 is 11.6 Å². The van der Waals surface area contributed by atoms with Crippen molar-refractivity contribution in [2.24, 2.45) is 5.92 Å². The molecule has 4 aliphatic heterocycles. The molecule has 0 saturated carbocycles. The molecule has 4 heterocycles. The standard InChI is InChI=1S/C38H43ClFN3O5Si/c1-24-36(49(2,3)40)33(20-35(46)42-22-27-9-5-4-8-26(27)18-30(42)23-44)48-38(24)31-19-28(39)13-16-32(31)43(37(38)47)21-25-11-14-29(15-12-25)41-17-7-6-10-34(41)45/h4-5,8-9,11-16,19,24,30,33,36,44H,6-7,10,17-18,20-23H2,1-3H3/t24-,30-,33+,36-,38+/m0/s1. The van der Waals surface area contributed by atoms with Gasteiger partial charge < -0.3 is 28.7 Å². The zero-order valence-corrected chi connectivity index (χ0v) is 30.0. The van der Waals surface area contributed by atoms with Crippen molar-refractivity contribution < 1.29 is 28.3 Å². The van der Waals surface area contributed by atoms with Crippen LogP contribution in [0.15, 0.2) is 66.7 Å². The Morgan fingerprint density at radius 1 is 1.06 bits per heavy atom. The molecule has 0 unspecified atom stereocenters. The molecule has 4 aliphatic rings. The van der Waals surface area contributed by atoms with Crippen molar-refractivity contribution in [1.29, 1.82) is 0 Å². The minimum absolute atomic E-state index is 0.102. The van der Waals surface area contributed by atoms with Crippen molar-refractivity contribution >= 4 is 49.1 Å². The molecule has 8 nitrogen and oxygen atoms in total. The van der Waals surface area contributed by atoms with Crippen molar-refractivity contribution in [2.75, 3.05) is 23.0 Å². The van der Waals surface area contributed by atoms with E-state index in [4.69, 9.17) is 16.3 Å². The topological polar surface area (TPSA) is 90.4 Å². The Balaban J connectivity index is 1.19. The summed E-state index contributed by atoms with van der Waals surface area (Å²) in [5, 5.41) is 10.7. The Bertz CT molecular complexity index is 1780. The van der Waals surface area contributed by atoms with Crippen LogP contribution in [0.5, 0.6) is 0 Å². The largest absolute Gasteiger partial charge is 0.394 e. The number of amides is 3. The molecule has 49 heavy (non-hydrogen) atoms. The maximum absolute atomic E-state index is 16.4. The zero-order chi connectivity index (χ0) is 34.7. The number of aliphatic hydroxyl groups excluding tert-OH is 1. The number of nitrogens with zero attached hydrogens (tertiary/aromatic N) is 3. The van der Waals surface area contributed by atoms with Gasteiger partial charge in [0, 0.05) is 47.2 Å². The van der Waals surface area contributed by atoms with Gasteiger partial charge in [0.2, 0.25) is 20.2 Å². The summed E-state index contributed by atoms with van der Waals surface area (Å²) in [6.45, 7) is 6.21. The highest BCUT2D eigenvalue weighted by Crippen LogP contribution is 2.60. The van der Waals surface area contributed by atoms with E-state index in [1.165, 1.54) is 0 Å². The number of aliphatic hydroxyl groups is 1. The van der Waals surface area contributed by atoms with E-state index in [9.17, 15) is 19.5 Å². The normalized spacial score (nSPS) is 26.8. The van der Waals surface area contributed by atoms with Crippen molar-refractivity contribution in [3.05, 3.63) is 94.0 Å². The van der Waals surface area contributed by atoms with Crippen LogP contribution in [-0.4, -0.2) is 61.4 Å². The van der Waals surface area contributed by atoms with Gasteiger partial charge >= 0.3 is 0 Å². The molecule has 2 fully saturated rings. The summed E-state index contributed by atoms with van der Waals surface area (Å²) in [5.74, 6) is -0.986.